The molecule has 1 nitrogen and oxygen atoms in total. The van der Waals surface area contributed by atoms with Gasteiger partial charge in [0.25, 0.3) is 0 Å². The smallest absolute Gasteiger partial charge is 0.0518 e. The molecule has 0 atom stereocenters. The van der Waals surface area contributed by atoms with Gasteiger partial charge in [0.2, 0.25) is 0 Å². The molecule has 0 bridgehead atoms. The van der Waals surface area contributed by atoms with Crippen molar-refractivity contribution in [2.75, 3.05) is 6.54 Å². The zero-order chi connectivity index (χ0) is 13.8. The molecule has 5 heteroatoms. The number of halogens is 3. The Morgan fingerprint density at radius 2 is 1.89 bits per heavy atom. The lowest BCUT2D eigenvalue weighted by Crippen LogP contribution is -2.12. The highest BCUT2D eigenvalue weighted by Gasteiger charge is 2.12. The van der Waals surface area contributed by atoms with Crippen molar-refractivity contribution in [2.45, 2.75) is 19.9 Å². The third kappa shape index (κ3) is 3.96. The fourth-order valence-electron chi connectivity index (χ4n) is 1.77. The number of benzene rings is 1. The first-order valence-corrected chi connectivity index (χ1v) is 8.42. The van der Waals surface area contributed by atoms with E-state index in [2.05, 4.69) is 40.3 Å². The van der Waals surface area contributed by atoms with Crippen molar-refractivity contribution in [3.8, 4) is 10.4 Å². The summed E-state index contributed by atoms with van der Waals surface area (Å²) in [6, 6.07) is 7.95. The summed E-state index contributed by atoms with van der Waals surface area (Å²) in [4.78, 5) is 2.40. The highest BCUT2D eigenvalue weighted by Crippen LogP contribution is 2.40. The van der Waals surface area contributed by atoms with Gasteiger partial charge in [-0.1, -0.05) is 46.1 Å². The van der Waals surface area contributed by atoms with Crippen LogP contribution in [0, 0.1) is 0 Å². The Hall–Kier alpha value is -0.0600. The van der Waals surface area contributed by atoms with E-state index in [-0.39, 0.29) is 0 Å². The lowest BCUT2D eigenvalue weighted by Gasteiger charge is -2.05. The van der Waals surface area contributed by atoms with Crippen molar-refractivity contribution >= 4 is 50.5 Å². The maximum atomic E-state index is 6.28. The number of thiophene rings is 1. The van der Waals surface area contributed by atoms with E-state index < -0.39 is 0 Å². The maximum Gasteiger partial charge on any atom is 0.0518 e. The Kier molecular flexibility index (Phi) is 5.72. The molecule has 0 radical (unpaired) electrons. The van der Waals surface area contributed by atoms with Crippen molar-refractivity contribution in [3.63, 3.8) is 0 Å². The van der Waals surface area contributed by atoms with E-state index in [1.165, 1.54) is 4.88 Å². The molecule has 19 heavy (non-hydrogen) atoms. The molecule has 2 aromatic rings. The number of rotatable bonds is 5. The van der Waals surface area contributed by atoms with E-state index in [0.717, 1.165) is 34.4 Å². The SMILES string of the molecule is CCCNCc1ccc(-c2c(Cl)cc(Br)cc2Cl)s1. The summed E-state index contributed by atoms with van der Waals surface area (Å²) in [5.41, 5.74) is 0.915. The third-order valence-corrected chi connectivity index (χ3v) is 4.80. The minimum atomic E-state index is 0.675. The predicted octanol–water partition coefficient (Wildman–Crippen LogP) is 5.98. The van der Waals surface area contributed by atoms with Gasteiger partial charge < -0.3 is 5.32 Å². The van der Waals surface area contributed by atoms with Gasteiger partial charge in [-0.3, -0.25) is 0 Å². The Labute approximate surface area is 136 Å². The Morgan fingerprint density at radius 3 is 2.53 bits per heavy atom. The van der Waals surface area contributed by atoms with Crippen LogP contribution in [0.25, 0.3) is 10.4 Å². The van der Waals surface area contributed by atoms with E-state index >= 15 is 0 Å². The average Bonchev–Trinajstić information content (AvgIpc) is 2.76. The first-order valence-electron chi connectivity index (χ1n) is 6.06. The second kappa shape index (κ2) is 7.09. The van der Waals surface area contributed by atoms with E-state index in [9.17, 15) is 0 Å². The summed E-state index contributed by atoms with van der Waals surface area (Å²) in [7, 11) is 0. The van der Waals surface area contributed by atoms with Crippen LogP contribution in [-0.2, 0) is 6.54 Å². The first-order chi connectivity index (χ1) is 9.11. The van der Waals surface area contributed by atoms with Crippen LogP contribution >= 0.6 is 50.5 Å². The second-order valence-corrected chi connectivity index (χ2v) is 7.09. The van der Waals surface area contributed by atoms with Crippen molar-refractivity contribution in [1.29, 1.82) is 0 Å². The molecule has 0 aliphatic carbocycles. The van der Waals surface area contributed by atoms with Gasteiger partial charge in [0, 0.05) is 26.3 Å². The molecule has 0 aliphatic heterocycles. The van der Waals surface area contributed by atoms with Crippen LogP contribution in [0.5, 0.6) is 0 Å². The molecule has 1 aromatic carbocycles. The highest BCUT2D eigenvalue weighted by molar-refractivity contribution is 9.10. The van der Waals surface area contributed by atoms with Crippen LogP contribution in [0.1, 0.15) is 18.2 Å². The largest absolute Gasteiger partial charge is 0.312 e. The van der Waals surface area contributed by atoms with Crippen molar-refractivity contribution < 1.29 is 0 Å². The molecule has 102 valence electrons. The first kappa shape index (κ1) is 15.3. The average molecular weight is 379 g/mol. The summed E-state index contributed by atoms with van der Waals surface area (Å²) in [5, 5.41) is 4.74. The van der Waals surface area contributed by atoms with Crippen molar-refractivity contribution in [1.82, 2.24) is 5.32 Å². The maximum absolute atomic E-state index is 6.28. The summed E-state index contributed by atoms with van der Waals surface area (Å²) in [6.07, 6.45) is 1.14. The molecular formula is C14H14BrCl2NS. The van der Waals surface area contributed by atoms with Gasteiger partial charge in [-0.05, 0) is 37.2 Å². The van der Waals surface area contributed by atoms with Gasteiger partial charge >= 0.3 is 0 Å². The molecule has 0 unspecified atom stereocenters. The van der Waals surface area contributed by atoms with Gasteiger partial charge in [-0.2, -0.15) is 0 Å². The fraction of sp³-hybridized carbons (Fsp3) is 0.286. The van der Waals surface area contributed by atoms with Gasteiger partial charge in [0.15, 0.2) is 0 Å². The minimum absolute atomic E-state index is 0.675. The molecule has 1 heterocycles. The summed E-state index contributed by atoms with van der Waals surface area (Å²) < 4.78 is 0.896. The van der Waals surface area contributed by atoms with Gasteiger partial charge in [-0.15, -0.1) is 11.3 Å². The topological polar surface area (TPSA) is 12.0 Å². The lowest BCUT2D eigenvalue weighted by molar-refractivity contribution is 0.681. The zero-order valence-electron chi connectivity index (χ0n) is 10.5. The molecule has 1 aromatic heterocycles. The van der Waals surface area contributed by atoms with Gasteiger partial charge in [0.05, 0.1) is 10.0 Å². The van der Waals surface area contributed by atoms with Crippen molar-refractivity contribution in [2.24, 2.45) is 0 Å². The van der Waals surface area contributed by atoms with Crippen LogP contribution in [0.2, 0.25) is 10.0 Å². The molecule has 0 saturated heterocycles. The highest BCUT2D eigenvalue weighted by atomic mass is 79.9. The molecular weight excluding hydrogens is 365 g/mol. The second-order valence-electron chi connectivity index (χ2n) is 4.19. The van der Waals surface area contributed by atoms with Gasteiger partial charge in [0.1, 0.15) is 0 Å². The van der Waals surface area contributed by atoms with Gasteiger partial charge in [-0.25, -0.2) is 0 Å². The van der Waals surface area contributed by atoms with Crippen molar-refractivity contribution in [3.05, 3.63) is 43.7 Å². The molecule has 1 N–H and O–H groups in total. The standard InChI is InChI=1S/C14H14BrCl2NS/c1-2-5-18-8-10-3-4-13(19-10)14-11(16)6-9(15)7-12(14)17/h3-4,6-7,18H,2,5,8H2,1H3. The quantitative estimate of drug-likeness (QED) is 0.630. The van der Waals surface area contributed by atoms with E-state index in [0.29, 0.717) is 10.0 Å². The predicted molar refractivity (Wildman–Crippen MR) is 89.5 cm³/mol. The molecule has 2 rings (SSSR count). The number of nitrogens with one attached hydrogen (secondary N) is 1. The molecule has 0 spiro atoms. The Morgan fingerprint density at radius 1 is 1.21 bits per heavy atom. The molecule has 0 fully saturated rings. The van der Waals surface area contributed by atoms with Crippen LogP contribution in [-0.4, -0.2) is 6.54 Å². The minimum Gasteiger partial charge on any atom is -0.312 e. The van der Waals surface area contributed by atoms with Crippen LogP contribution < -0.4 is 5.32 Å². The zero-order valence-corrected chi connectivity index (χ0v) is 14.4. The monoisotopic (exact) mass is 377 g/mol. The van der Waals surface area contributed by atoms with Crippen LogP contribution in [0.4, 0.5) is 0 Å². The number of hydrogen-bond acceptors (Lipinski definition) is 2. The summed E-state index contributed by atoms with van der Waals surface area (Å²) in [6.45, 7) is 4.09. The molecule has 0 saturated carbocycles. The Balaban J connectivity index is 2.23. The molecule has 0 aliphatic rings. The van der Waals surface area contributed by atoms with E-state index in [4.69, 9.17) is 23.2 Å². The third-order valence-electron chi connectivity index (χ3n) is 2.64. The fourth-order valence-corrected chi connectivity index (χ4v) is 4.35. The summed E-state index contributed by atoms with van der Waals surface area (Å²) >= 11 is 17.7. The molecule has 0 amide bonds. The van der Waals surface area contributed by atoms with E-state index in [1.807, 2.05) is 12.1 Å². The number of hydrogen-bond donors (Lipinski definition) is 1. The van der Waals surface area contributed by atoms with E-state index in [1.54, 1.807) is 11.3 Å². The normalized spacial score (nSPS) is 10.9. The van der Waals surface area contributed by atoms with Crippen LogP contribution in [0.15, 0.2) is 28.7 Å². The lowest BCUT2D eigenvalue weighted by atomic mass is 10.2. The summed E-state index contributed by atoms with van der Waals surface area (Å²) in [5.74, 6) is 0. The van der Waals surface area contributed by atoms with Crippen LogP contribution in [0.3, 0.4) is 0 Å². The Bertz CT molecular complexity index is 545.